The van der Waals surface area contributed by atoms with Gasteiger partial charge in [-0.25, -0.2) is 9.38 Å². The Bertz CT molecular complexity index is 1930. The zero-order chi connectivity index (χ0) is 33.4. The number of H-pyrrole nitrogens is 2. The molecular formula is C32H37F3N10O2P+. The molecule has 6 heterocycles. The van der Waals surface area contributed by atoms with Crippen LogP contribution in [0.4, 0.5) is 42.0 Å². The van der Waals surface area contributed by atoms with Crippen molar-refractivity contribution in [3.63, 3.8) is 0 Å². The van der Waals surface area contributed by atoms with Crippen LogP contribution >= 0.6 is 8.46 Å². The highest BCUT2D eigenvalue weighted by molar-refractivity contribution is 7.35. The van der Waals surface area contributed by atoms with Gasteiger partial charge in [-0.05, 0) is 44.5 Å². The predicted molar refractivity (Wildman–Crippen MR) is 179 cm³/mol. The molecule has 0 saturated carbocycles. The number of pyridine rings is 1. The Labute approximate surface area is 276 Å². The van der Waals surface area contributed by atoms with Crippen molar-refractivity contribution in [1.82, 2.24) is 29.7 Å². The van der Waals surface area contributed by atoms with Gasteiger partial charge in [0, 0.05) is 69.3 Å². The van der Waals surface area contributed by atoms with Gasteiger partial charge >= 0.3 is 11.8 Å². The number of fused-ring (bicyclic) bond motifs is 2. The molecule has 16 heteroatoms. The highest BCUT2D eigenvalue weighted by Crippen LogP contribution is 2.38. The second-order valence-corrected chi connectivity index (χ2v) is 13.0. The van der Waals surface area contributed by atoms with E-state index in [1.54, 1.807) is 30.6 Å². The number of benzene rings is 1. The zero-order valence-electron chi connectivity index (χ0n) is 26.6. The summed E-state index contributed by atoms with van der Waals surface area (Å²) in [5, 5.41) is 7.56. The number of ether oxygens (including phenoxy) is 1. The van der Waals surface area contributed by atoms with Gasteiger partial charge in [-0.15, -0.1) is 0 Å². The minimum atomic E-state index is -4.52. The number of aryl methyl sites for hydroxylation is 1. The first-order chi connectivity index (χ1) is 23.1. The van der Waals surface area contributed by atoms with Gasteiger partial charge < -0.3 is 30.2 Å². The van der Waals surface area contributed by atoms with Gasteiger partial charge in [0.1, 0.15) is 29.6 Å². The average Bonchev–Trinajstić information content (AvgIpc) is 3.75. The van der Waals surface area contributed by atoms with Crippen LogP contribution in [0, 0.1) is 6.92 Å². The summed E-state index contributed by atoms with van der Waals surface area (Å²) in [6.07, 6.45) is 4.56. The number of aromatic nitrogens is 5. The molecule has 4 N–H and O–H groups in total. The Balaban J connectivity index is 1.16. The minimum absolute atomic E-state index is 0.0560. The molecule has 252 valence electrons. The van der Waals surface area contributed by atoms with E-state index in [1.807, 2.05) is 29.8 Å². The van der Waals surface area contributed by atoms with Crippen LogP contribution in [0.2, 0.25) is 0 Å². The fourth-order valence-corrected chi connectivity index (χ4v) is 7.10. The van der Waals surface area contributed by atoms with Gasteiger partial charge in [-0.1, -0.05) is 0 Å². The Hall–Kier alpha value is -4.46. The number of likely N-dealkylation sites (N-methyl/N-ethyl adjacent to an activating group) is 1. The maximum atomic E-state index is 13.4. The van der Waals surface area contributed by atoms with E-state index in [0.717, 1.165) is 63.4 Å². The summed E-state index contributed by atoms with van der Waals surface area (Å²) in [7, 11) is 1.95. The maximum Gasteiger partial charge on any atom is 0.422 e. The molecule has 2 saturated heterocycles. The van der Waals surface area contributed by atoms with Crippen molar-refractivity contribution in [2.75, 3.05) is 68.5 Å². The van der Waals surface area contributed by atoms with Crippen molar-refractivity contribution in [3.8, 4) is 5.75 Å². The normalized spacial score (nSPS) is 17.1. The molecule has 4 aromatic heterocycles. The molecule has 0 bridgehead atoms. The largest absolute Gasteiger partial charge is 0.482 e. The lowest BCUT2D eigenvalue weighted by Crippen LogP contribution is -2.52. The topological polar surface area (TPSA) is 122 Å². The molecule has 2 aliphatic rings. The number of piperidine rings is 1. The molecule has 12 nitrogen and oxygen atoms in total. The lowest BCUT2D eigenvalue weighted by Gasteiger charge is -2.43. The summed E-state index contributed by atoms with van der Waals surface area (Å²) >= 11 is 0. The van der Waals surface area contributed by atoms with E-state index in [9.17, 15) is 17.7 Å². The van der Waals surface area contributed by atoms with Crippen molar-refractivity contribution in [3.05, 3.63) is 54.6 Å². The number of alkyl halides is 3. The summed E-state index contributed by atoms with van der Waals surface area (Å²) in [5.41, 5.74) is 3.77. The van der Waals surface area contributed by atoms with Crippen LogP contribution in [0.5, 0.6) is 5.75 Å². The fourth-order valence-electron chi connectivity index (χ4n) is 6.61. The highest BCUT2D eigenvalue weighted by atomic mass is 31.1. The summed E-state index contributed by atoms with van der Waals surface area (Å²) in [6, 6.07) is 7.57. The third-order valence-corrected chi connectivity index (χ3v) is 9.79. The molecule has 7 rings (SSSR count). The lowest BCUT2D eigenvalue weighted by atomic mass is 10.0. The van der Waals surface area contributed by atoms with E-state index in [4.69, 9.17) is 4.74 Å². The quantitative estimate of drug-likeness (QED) is 0.127. The maximum absolute atomic E-state index is 13.4. The number of aromatic amines is 2. The van der Waals surface area contributed by atoms with Crippen LogP contribution in [0.15, 0.2) is 49.1 Å². The van der Waals surface area contributed by atoms with Crippen LogP contribution in [-0.4, -0.2) is 94.9 Å². The van der Waals surface area contributed by atoms with E-state index in [2.05, 4.69) is 52.3 Å². The lowest BCUT2D eigenvalue weighted by molar-refractivity contribution is -0.509. The molecule has 2 aliphatic heterocycles. The third-order valence-electron chi connectivity index (χ3n) is 9.15. The van der Waals surface area contributed by atoms with Gasteiger partial charge in [0.15, 0.2) is 11.9 Å². The van der Waals surface area contributed by atoms with Crippen LogP contribution in [0.3, 0.4) is 0 Å². The Morgan fingerprint density at radius 1 is 1.00 bits per heavy atom. The third kappa shape index (κ3) is 6.75. The van der Waals surface area contributed by atoms with Crippen LogP contribution in [-0.2, 0) is 4.57 Å². The summed E-state index contributed by atoms with van der Waals surface area (Å²) in [5.74, 6) is 0.611. The number of piperazine rings is 1. The van der Waals surface area contributed by atoms with Gasteiger partial charge in [0.05, 0.1) is 23.0 Å². The molecule has 5 aromatic rings. The first-order valence-electron chi connectivity index (χ1n) is 15.9. The molecule has 0 spiro atoms. The Kier molecular flexibility index (Phi) is 8.84. The Morgan fingerprint density at radius 2 is 1.79 bits per heavy atom. The number of imidazole rings is 1. The SMILES string of the molecule is Cc1cc(Nc2nc(Nc3cc[n+]4cc[nH]c4c3P=O)c3cc[nH]c3n2)c(OCC(F)(F)F)cc1N1CCC(N2CCN(C)CC2)CC1. The monoisotopic (exact) mass is 681 g/mol. The molecule has 0 aliphatic carbocycles. The molecule has 0 atom stereocenters. The zero-order valence-corrected chi connectivity index (χ0v) is 27.5. The first kappa shape index (κ1) is 32.1. The van der Waals surface area contributed by atoms with E-state index in [-0.39, 0.29) is 20.2 Å². The van der Waals surface area contributed by atoms with Crippen molar-refractivity contribution in [2.24, 2.45) is 0 Å². The highest BCUT2D eigenvalue weighted by Gasteiger charge is 2.31. The summed E-state index contributed by atoms with van der Waals surface area (Å²) in [4.78, 5) is 22.6. The Morgan fingerprint density at radius 3 is 2.54 bits per heavy atom. The molecule has 0 amide bonds. The molecule has 48 heavy (non-hydrogen) atoms. The van der Waals surface area contributed by atoms with Crippen molar-refractivity contribution in [2.45, 2.75) is 32.0 Å². The number of halogens is 3. The van der Waals surface area contributed by atoms with E-state index in [1.165, 1.54) is 0 Å². The van der Waals surface area contributed by atoms with Crippen LogP contribution < -0.4 is 30.0 Å². The summed E-state index contributed by atoms with van der Waals surface area (Å²) < 4.78 is 59.5. The van der Waals surface area contributed by atoms with Crippen molar-refractivity contribution < 1.29 is 26.9 Å². The van der Waals surface area contributed by atoms with Crippen LogP contribution in [0.25, 0.3) is 16.7 Å². The van der Waals surface area contributed by atoms with E-state index in [0.29, 0.717) is 45.2 Å². The summed E-state index contributed by atoms with van der Waals surface area (Å²) in [6.45, 7) is 6.37. The molecule has 1 aromatic carbocycles. The average molecular weight is 682 g/mol. The van der Waals surface area contributed by atoms with Gasteiger partial charge in [-0.2, -0.15) is 23.1 Å². The van der Waals surface area contributed by atoms with Crippen molar-refractivity contribution in [1.29, 1.82) is 0 Å². The van der Waals surface area contributed by atoms with E-state index >= 15 is 0 Å². The van der Waals surface area contributed by atoms with Crippen molar-refractivity contribution >= 4 is 59.3 Å². The van der Waals surface area contributed by atoms with E-state index < -0.39 is 12.8 Å². The standard InChI is InChI=1S/C32H36F3N10O2P/c1-20-17-24(26(47-19-32(33,34)35)18-25(20)44-9-4-21(5-10-44)43-15-13-42(2)14-16-43)39-31-40-28-22(3-7-36-28)29(41-31)38-23-6-11-45-12-8-37-30(45)27(23)48-46/h3,6-8,11-12,17-18,21H,4-5,9-10,13-16,19H2,1-2H3,(H3,36,37,38,39,40,41,46)/p+1. The number of nitrogens with zero attached hydrogens (tertiary/aromatic N) is 6. The molecule has 0 radical (unpaired) electrons. The van der Waals surface area contributed by atoms with Gasteiger partial charge in [0.25, 0.3) is 0 Å². The molecular weight excluding hydrogens is 644 g/mol. The van der Waals surface area contributed by atoms with Gasteiger partial charge in [-0.3, -0.25) is 9.46 Å². The number of hydrogen-bond acceptors (Lipinski definition) is 9. The predicted octanol–water partition coefficient (Wildman–Crippen LogP) is 4.89. The fraction of sp³-hybridized carbons (Fsp3) is 0.406. The minimum Gasteiger partial charge on any atom is -0.482 e. The van der Waals surface area contributed by atoms with Gasteiger partial charge in [0.2, 0.25) is 14.4 Å². The number of rotatable bonds is 9. The number of nitrogens with one attached hydrogen (secondary N) is 4. The smallest absolute Gasteiger partial charge is 0.422 e. The second kappa shape index (κ2) is 13.2. The molecule has 0 unspecified atom stereocenters. The second-order valence-electron chi connectivity index (χ2n) is 12.4. The van der Waals surface area contributed by atoms with Crippen LogP contribution in [0.1, 0.15) is 18.4 Å². The number of anilines is 5. The molecule has 2 fully saturated rings. The first-order valence-corrected chi connectivity index (χ1v) is 16.7. The number of hydrogen-bond donors (Lipinski definition) is 4.